The monoisotopic (exact) mass is 325 g/mol. The van der Waals surface area contributed by atoms with Crippen LogP contribution in [0.3, 0.4) is 0 Å². The summed E-state index contributed by atoms with van der Waals surface area (Å²) in [4.78, 5) is 22.5. The maximum Gasteiger partial charge on any atom is 0.373 e. The van der Waals surface area contributed by atoms with E-state index in [1.165, 1.54) is 0 Å². The highest BCUT2D eigenvalue weighted by molar-refractivity contribution is 5.96. The summed E-state index contributed by atoms with van der Waals surface area (Å²) < 4.78 is 0. The molecule has 1 atom stereocenters. The first-order valence-electron chi connectivity index (χ1n) is 8.61. The fourth-order valence-corrected chi connectivity index (χ4v) is 2.56. The van der Waals surface area contributed by atoms with Crippen LogP contribution in [-0.2, 0) is 9.78 Å². The highest BCUT2D eigenvalue weighted by atomic mass is 17.2. The molecule has 127 valence electrons. The highest BCUT2D eigenvalue weighted by Gasteiger charge is 2.16. The second kappa shape index (κ2) is 9.89. The van der Waals surface area contributed by atoms with Gasteiger partial charge in [0.15, 0.2) is 0 Å². The molecule has 0 N–H and O–H groups in total. The quantitative estimate of drug-likeness (QED) is 0.430. The third kappa shape index (κ3) is 5.20. The first-order chi connectivity index (χ1) is 11.8. The van der Waals surface area contributed by atoms with Gasteiger partial charge in [-0.05, 0) is 29.5 Å². The molecule has 0 saturated carbocycles. The first-order valence-corrected chi connectivity index (χ1v) is 8.61. The van der Waals surface area contributed by atoms with Crippen LogP contribution in [0.2, 0.25) is 0 Å². The molecule has 0 saturated heterocycles. The minimum Gasteiger partial charge on any atom is -0.292 e. The van der Waals surface area contributed by atoms with Gasteiger partial charge in [-0.15, -0.1) is 0 Å². The van der Waals surface area contributed by atoms with Gasteiger partial charge < -0.3 is 0 Å². The molecule has 3 nitrogen and oxygen atoms in total. The number of carbonyl (C=O) groups excluding carboxylic acids is 1. The molecule has 0 aliphatic heterocycles. The van der Waals surface area contributed by atoms with Crippen molar-refractivity contribution in [2.24, 2.45) is 5.92 Å². The lowest BCUT2D eigenvalue weighted by atomic mass is 10.00. The zero-order chi connectivity index (χ0) is 17.2. The van der Waals surface area contributed by atoms with Crippen LogP contribution in [0, 0.1) is 12.5 Å². The van der Waals surface area contributed by atoms with Crippen LogP contribution in [0.1, 0.15) is 49.9 Å². The van der Waals surface area contributed by atoms with Crippen LogP contribution in [0.4, 0.5) is 0 Å². The lowest BCUT2D eigenvalue weighted by Crippen LogP contribution is -2.10. The summed E-state index contributed by atoms with van der Waals surface area (Å²) in [6.45, 7) is 5.90. The molecule has 24 heavy (non-hydrogen) atoms. The number of rotatable bonds is 9. The Morgan fingerprint density at radius 3 is 2.46 bits per heavy atom. The molecule has 0 heterocycles. The predicted octanol–water partition coefficient (Wildman–Crippen LogP) is 5.82. The number of carbonyl (C=O) groups is 1. The normalized spacial score (nSPS) is 11.9. The summed E-state index contributed by atoms with van der Waals surface area (Å²) in [6.07, 6.45) is 4.31. The maximum atomic E-state index is 12.4. The van der Waals surface area contributed by atoms with Crippen molar-refractivity contribution in [2.45, 2.75) is 39.5 Å². The van der Waals surface area contributed by atoms with E-state index in [4.69, 9.17) is 9.78 Å². The Balaban J connectivity index is 1.98. The predicted molar refractivity (Wildman–Crippen MR) is 96.0 cm³/mol. The average molecular weight is 325 g/mol. The molecule has 2 aromatic carbocycles. The van der Waals surface area contributed by atoms with Gasteiger partial charge in [-0.1, -0.05) is 81.6 Å². The fraction of sp³-hybridized carbons (Fsp3) is 0.333. The molecule has 0 aromatic heterocycles. The van der Waals surface area contributed by atoms with E-state index in [1.807, 2.05) is 48.5 Å². The fourth-order valence-electron chi connectivity index (χ4n) is 2.56. The Hall–Kier alpha value is -2.13. The van der Waals surface area contributed by atoms with Gasteiger partial charge in [-0.2, -0.15) is 4.89 Å². The van der Waals surface area contributed by atoms with E-state index in [0.29, 0.717) is 11.5 Å². The van der Waals surface area contributed by atoms with Crippen molar-refractivity contribution in [2.75, 3.05) is 0 Å². The van der Waals surface area contributed by atoms with Crippen LogP contribution in [0.5, 0.6) is 0 Å². The molecule has 0 aliphatic carbocycles. The molecule has 1 radical (unpaired) electrons. The van der Waals surface area contributed by atoms with Crippen molar-refractivity contribution in [1.29, 1.82) is 0 Å². The van der Waals surface area contributed by atoms with Crippen molar-refractivity contribution in [3.05, 3.63) is 66.8 Å². The van der Waals surface area contributed by atoms with Crippen LogP contribution < -0.4 is 0 Å². The molecule has 0 bridgehead atoms. The Morgan fingerprint density at radius 2 is 1.75 bits per heavy atom. The molecule has 2 rings (SSSR count). The second-order valence-electron chi connectivity index (χ2n) is 5.83. The first kappa shape index (κ1) is 18.2. The third-order valence-electron chi connectivity index (χ3n) is 4.06. The minimum absolute atomic E-state index is 0.308. The molecule has 0 amide bonds. The van der Waals surface area contributed by atoms with Crippen LogP contribution >= 0.6 is 0 Å². The Morgan fingerprint density at radius 1 is 1.04 bits per heavy atom. The summed E-state index contributed by atoms with van der Waals surface area (Å²) in [5, 5.41) is 0. The summed E-state index contributed by atoms with van der Waals surface area (Å²) in [6, 6.07) is 17.2. The van der Waals surface area contributed by atoms with Crippen molar-refractivity contribution in [1.82, 2.24) is 0 Å². The molecule has 0 fully saturated rings. The number of hydrogen-bond donors (Lipinski definition) is 0. The topological polar surface area (TPSA) is 35.5 Å². The molecular formula is C21H25O3. The number of benzene rings is 2. The van der Waals surface area contributed by atoms with E-state index in [-0.39, 0.29) is 0 Å². The largest absolute Gasteiger partial charge is 0.373 e. The summed E-state index contributed by atoms with van der Waals surface area (Å²) in [5.74, 6) is -0.168. The molecule has 1 unspecified atom stereocenters. The summed E-state index contributed by atoms with van der Waals surface area (Å²) in [7, 11) is 0. The zero-order valence-corrected chi connectivity index (χ0v) is 14.4. The van der Waals surface area contributed by atoms with Gasteiger partial charge in [0.2, 0.25) is 0 Å². The molecule has 0 aliphatic rings. The molecule has 3 heteroatoms. The Labute approximate surface area is 144 Å². The lowest BCUT2D eigenvalue weighted by molar-refractivity contribution is -0.219. The molecular weight excluding hydrogens is 300 g/mol. The Kier molecular flexibility index (Phi) is 7.50. The van der Waals surface area contributed by atoms with E-state index in [1.54, 1.807) is 12.7 Å². The van der Waals surface area contributed by atoms with E-state index >= 15 is 0 Å². The minimum atomic E-state index is -0.476. The SMILES string of the molecule is CCCCC([CH]OOC(=O)c1ccccc1-c1ccccc1)CC. The van der Waals surface area contributed by atoms with Crippen molar-refractivity contribution in [3.63, 3.8) is 0 Å². The van der Waals surface area contributed by atoms with Gasteiger partial charge in [0, 0.05) is 0 Å². The van der Waals surface area contributed by atoms with E-state index in [0.717, 1.165) is 36.8 Å². The highest BCUT2D eigenvalue weighted by Crippen LogP contribution is 2.24. The number of hydrogen-bond acceptors (Lipinski definition) is 3. The summed E-state index contributed by atoms with van der Waals surface area (Å²) >= 11 is 0. The van der Waals surface area contributed by atoms with Crippen molar-refractivity contribution < 1.29 is 14.6 Å². The Bertz CT molecular complexity index is 622. The van der Waals surface area contributed by atoms with E-state index in [2.05, 4.69) is 13.8 Å². The van der Waals surface area contributed by atoms with Gasteiger partial charge >= 0.3 is 5.97 Å². The van der Waals surface area contributed by atoms with Gasteiger partial charge in [-0.3, -0.25) is 4.89 Å². The molecule has 2 aromatic rings. The molecule has 0 spiro atoms. The van der Waals surface area contributed by atoms with Gasteiger partial charge in [0.05, 0.1) is 5.56 Å². The average Bonchev–Trinajstić information content (AvgIpc) is 2.65. The van der Waals surface area contributed by atoms with Crippen LogP contribution in [0.25, 0.3) is 11.1 Å². The smallest absolute Gasteiger partial charge is 0.292 e. The van der Waals surface area contributed by atoms with Gasteiger partial charge in [0.1, 0.15) is 6.61 Å². The standard InChI is InChI=1S/C21H25O3/c1-3-5-11-17(4-2)16-23-24-21(22)20-15-10-9-14-19(20)18-12-7-6-8-13-18/h6-10,12-17H,3-5,11H2,1-2H3. The maximum absolute atomic E-state index is 12.4. The van der Waals surface area contributed by atoms with Gasteiger partial charge in [-0.25, -0.2) is 4.79 Å². The lowest BCUT2D eigenvalue weighted by Gasteiger charge is -2.13. The van der Waals surface area contributed by atoms with Crippen LogP contribution in [-0.4, -0.2) is 5.97 Å². The summed E-state index contributed by atoms with van der Waals surface area (Å²) in [5.41, 5.74) is 2.31. The number of unbranched alkanes of at least 4 members (excludes halogenated alkanes) is 1. The van der Waals surface area contributed by atoms with Crippen LogP contribution in [0.15, 0.2) is 54.6 Å². The second-order valence-corrected chi connectivity index (χ2v) is 5.83. The van der Waals surface area contributed by atoms with E-state index in [9.17, 15) is 4.79 Å². The van der Waals surface area contributed by atoms with E-state index < -0.39 is 5.97 Å². The zero-order valence-electron chi connectivity index (χ0n) is 14.4. The third-order valence-corrected chi connectivity index (χ3v) is 4.06. The van der Waals surface area contributed by atoms with Crippen molar-refractivity contribution >= 4 is 5.97 Å². The van der Waals surface area contributed by atoms with Crippen molar-refractivity contribution in [3.8, 4) is 11.1 Å². The van der Waals surface area contributed by atoms with Gasteiger partial charge in [0.25, 0.3) is 0 Å².